The van der Waals surface area contributed by atoms with Crippen LogP contribution in [-0.2, 0) is 14.0 Å². The highest BCUT2D eigenvalue weighted by Gasteiger charge is 2.60. The average molecular weight is 554 g/mol. The molecule has 22 heteroatoms. The van der Waals surface area contributed by atoms with Crippen molar-refractivity contribution in [2.24, 2.45) is 0 Å². The zero-order chi connectivity index (χ0) is 27.6. The smallest absolute Gasteiger partial charge is 0.379 e. The molecule has 0 bridgehead atoms. The predicted octanol–water partition coefficient (Wildman–Crippen LogP) is 5.63. The maximum atomic E-state index is 13.1. The molecule has 0 N–H and O–H groups in total. The van der Waals surface area contributed by atoms with Crippen LogP contribution in [-0.4, -0.2) is 82.0 Å². The Morgan fingerprint density at radius 2 is 0.588 bits per heavy atom. The molecule has 204 valence electrons. The topological polar surface area (TPSA) is 27.7 Å². The van der Waals surface area contributed by atoms with E-state index in [1.165, 1.54) is 0 Å². The summed E-state index contributed by atoms with van der Waals surface area (Å²) < 4.78 is 235. The molecule has 3 nitrogen and oxygen atoms in total. The molecule has 34 heavy (non-hydrogen) atoms. The molecule has 0 amide bonds. The number of alkyl halides is 18. The molecule has 0 unspecified atom stereocenters. The first kappa shape index (κ1) is 32.7. The second-order valence-corrected chi connectivity index (χ2v) is 6.22. The van der Waals surface area contributed by atoms with Crippen LogP contribution in [0, 0.1) is 0 Å². The van der Waals surface area contributed by atoms with Gasteiger partial charge in [-0.2, -0.15) is 39.5 Å². The van der Waals surface area contributed by atoms with Crippen molar-refractivity contribution in [2.45, 2.75) is 54.8 Å². The van der Waals surface area contributed by atoms with Gasteiger partial charge in [0.2, 0.25) is 0 Å². The zero-order valence-electron chi connectivity index (χ0n) is 15.5. The molecule has 0 saturated heterocycles. The van der Waals surface area contributed by atoms with Gasteiger partial charge in [0.1, 0.15) is 19.8 Å². The Balaban J connectivity index is 5.56. The summed E-state index contributed by atoms with van der Waals surface area (Å²) in [7, 11) is -3.70. The number of rotatable bonds is 12. The molecule has 0 aromatic heterocycles. The summed E-state index contributed by atoms with van der Waals surface area (Å²) in [6.07, 6.45) is -34.1. The molecule has 0 spiro atoms. The lowest BCUT2D eigenvalue weighted by Gasteiger charge is -2.27. The van der Waals surface area contributed by atoms with E-state index in [-0.39, 0.29) is 0 Å². The maximum Gasteiger partial charge on any atom is 0.640 e. The third-order valence-electron chi connectivity index (χ3n) is 3.21. The van der Waals surface area contributed by atoms with Gasteiger partial charge in [0.05, 0.1) is 0 Å². The van der Waals surface area contributed by atoms with Crippen molar-refractivity contribution in [3.05, 3.63) is 0 Å². The van der Waals surface area contributed by atoms with Gasteiger partial charge >= 0.3 is 43.6 Å². The standard InChI is InChI=1S/C12H9BF18O3/c14-4(10(23,24)25)7(17,18)1-32-13(33-2-8(19,20)5(15)11(26,27)28)34-3-9(21,22)6(16)12(29,30)31/h4-6H,1-3H2/t4-,5-,6+/m1/s1. The Kier molecular flexibility index (Phi) is 10.3. The molecular formula is C12H9BF18O3. The van der Waals surface area contributed by atoms with E-state index in [1.807, 2.05) is 0 Å². The Bertz CT molecular complexity index is 546. The molecule has 0 rings (SSSR count). The number of halogens is 18. The third kappa shape index (κ3) is 9.74. The van der Waals surface area contributed by atoms with Crippen LogP contribution in [0.4, 0.5) is 79.0 Å². The Morgan fingerprint density at radius 1 is 0.412 bits per heavy atom. The van der Waals surface area contributed by atoms with Crippen LogP contribution >= 0.6 is 0 Å². The van der Waals surface area contributed by atoms with Crippen molar-refractivity contribution in [2.75, 3.05) is 19.8 Å². The van der Waals surface area contributed by atoms with Gasteiger partial charge in [-0.3, -0.25) is 0 Å². The molecule has 0 saturated carbocycles. The Hall–Kier alpha value is -1.32. The number of hydrogen-bond donors (Lipinski definition) is 0. The fourth-order valence-corrected chi connectivity index (χ4v) is 1.62. The van der Waals surface area contributed by atoms with Crippen molar-refractivity contribution in [3.8, 4) is 0 Å². The molecule has 0 heterocycles. The van der Waals surface area contributed by atoms with Crippen LogP contribution in [0.25, 0.3) is 0 Å². The second-order valence-electron chi connectivity index (χ2n) is 6.22. The van der Waals surface area contributed by atoms with Gasteiger partial charge in [0.15, 0.2) is 0 Å². The van der Waals surface area contributed by atoms with Gasteiger partial charge in [0.25, 0.3) is 18.5 Å². The lowest BCUT2D eigenvalue weighted by Crippen LogP contribution is -2.50. The van der Waals surface area contributed by atoms with E-state index in [9.17, 15) is 79.0 Å². The predicted molar refractivity (Wildman–Crippen MR) is 71.3 cm³/mol. The van der Waals surface area contributed by atoms with Gasteiger partial charge < -0.3 is 14.0 Å². The van der Waals surface area contributed by atoms with E-state index in [1.54, 1.807) is 0 Å². The summed E-state index contributed by atoms with van der Waals surface area (Å²) in [5, 5.41) is 0. The van der Waals surface area contributed by atoms with Crippen molar-refractivity contribution in [1.82, 2.24) is 0 Å². The van der Waals surface area contributed by atoms with Gasteiger partial charge in [-0.25, -0.2) is 39.5 Å². The lowest BCUT2D eigenvalue weighted by atomic mass is 10.1. The molecule has 0 aliphatic rings. The third-order valence-corrected chi connectivity index (χ3v) is 3.21. The summed E-state index contributed by atoms with van der Waals surface area (Å²) in [4.78, 5) is 0. The minimum atomic E-state index is -6.30. The van der Waals surface area contributed by atoms with Gasteiger partial charge in [-0.15, -0.1) is 0 Å². The second kappa shape index (κ2) is 10.7. The van der Waals surface area contributed by atoms with Crippen LogP contribution in [0.1, 0.15) is 0 Å². The van der Waals surface area contributed by atoms with E-state index >= 15 is 0 Å². The minimum Gasteiger partial charge on any atom is -0.379 e. The first-order chi connectivity index (χ1) is 14.7. The number of hydrogen-bond acceptors (Lipinski definition) is 3. The summed E-state index contributed by atoms with van der Waals surface area (Å²) in [6.45, 7) is -8.86. The molecule has 0 aliphatic carbocycles. The molecule has 0 aromatic rings. The molecule has 0 radical (unpaired) electrons. The van der Waals surface area contributed by atoms with Crippen molar-refractivity contribution < 1.29 is 93.0 Å². The van der Waals surface area contributed by atoms with Crippen LogP contribution in [0.5, 0.6) is 0 Å². The fourth-order valence-electron chi connectivity index (χ4n) is 1.62. The van der Waals surface area contributed by atoms with Crippen LogP contribution < -0.4 is 0 Å². The van der Waals surface area contributed by atoms with Gasteiger partial charge in [-0.1, -0.05) is 0 Å². The van der Waals surface area contributed by atoms with E-state index in [0.717, 1.165) is 0 Å². The van der Waals surface area contributed by atoms with E-state index < -0.39 is 82.0 Å². The molecule has 0 aliphatic heterocycles. The van der Waals surface area contributed by atoms with Gasteiger partial charge in [-0.05, 0) is 0 Å². The monoisotopic (exact) mass is 554 g/mol. The van der Waals surface area contributed by atoms with E-state index in [4.69, 9.17) is 0 Å². The highest BCUT2D eigenvalue weighted by atomic mass is 19.4. The zero-order valence-corrected chi connectivity index (χ0v) is 15.5. The van der Waals surface area contributed by atoms with Gasteiger partial charge in [0, 0.05) is 0 Å². The van der Waals surface area contributed by atoms with Crippen molar-refractivity contribution in [3.63, 3.8) is 0 Å². The SMILES string of the molecule is F[C@H](C(F)(F)F)C(F)(F)COB(OCC(F)(F)[C@@H](F)C(F)(F)F)OCC(F)(F)[C@@H](F)C(F)(F)F. The average Bonchev–Trinajstić information content (AvgIpc) is 2.63. The first-order valence-electron chi connectivity index (χ1n) is 7.86. The fraction of sp³-hybridized carbons (Fsp3) is 1.00. The molecule has 0 fully saturated rings. The van der Waals surface area contributed by atoms with Crippen molar-refractivity contribution in [1.29, 1.82) is 0 Å². The van der Waals surface area contributed by atoms with Crippen LogP contribution in [0.3, 0.4) is 0 Å². The van der Waals surface area contributed by atoms with E-state index in [0.29, 0.717) is 0 Å². The molecular weight excluding hydrogens is 545 g/mol. The summed E-state index contributed by atoms with van der Waals surface area (Å²) >= 11 is 0. The minimum absolute atomic E-state index is 2.95. The highest BCUT2D eigenvalue weighted by Crippen LogP contribution is 2.38. The van der Waals surface area contributed by atoms with E-state index in [2.05, 4.69) is 14.0 Å². The Labute approximate surface area is 176 Å². The molecule has 3 atom stereocenters. The summed E-state index contributed by atoms with van der Waals surface area (Å²) in [5.74, 6) is -17.0. The van der Waals surface area contributed by atoms with Crippen molar-refractivity contribution >= 4 is 7.32 Å². The first-order valence-corrected chi connectivity index (χ1v) is 7.86. The quantitative estimate of drug-likeness (QED) is 0.232. The maximum absolute atomic E-state index is 13.1. The lowest BCUT2D eigenvalue weighted by molar-refractivity contribution is -0.258. The van der Waals surface area contributed by atoms with Crippen LogP contribution in [0.2, 0.25) is 0 Å². The summed E-state index contributed by atoms with van der Waals surface area (Å²) in [6, 6.07) is 0. The molecule has 0 aromatic carbocycles. The largest absolute Gasteiger partial charge is 0.640 e. The summed E-state index contributed by atoms with van der Waals surface area (Å²) in [5.41, 5.74) is 0. The van der Waals surface area contributed by atoms with Crippen LogP contribution in [0.15, 0.2) is 0 Å². The highest BCUT2D eigenvalue weighted by molar-refractivity contribution is 6.36. The Morgan fingerprint density at radius 3 is 0.735 bits per heavy atom. The normalized spacial score (nSPS) is 17.5.